The van der Waals surface area contributed by atoms with Gasteiger partial charge in [0.05, 0.1) is 0 Å². The Hall–Kier alpha value is -0.760. The second-order valence-corrected chi connectivity index (χ2v) is 3.29. The van der Waals surface area contributed by atoms with E-state index in [0.717, 1.165) is 11.3 Å². The molecule has 0 unspecified atom stereocenters. The third-order valence-electron chi connectivity index (χ3n) is 1.57. The first-order chi connectivity index (χ1) is 4.50. The van der Waals surface area contributed by atoms with E-state index in [9.17, 15) is 0 Å². The van der Waals surface area contributed by atoms with E-state index in [1.807, 2.05) is 27.0 Å². The van der Waals surface area contributed by atoms with E-state index in [-0.39, 0.29) is 5.54 Å². The topological polar surface area (TPSA) is 41.8 Å². The molecule has 0 atom stereocenters. The summed E-state index contributed by atoms with van der Waals surface area (Å²) in [7, 11) is 0. The van der Waals surface area contributed by atoms with Crippen LogP contribution in [0.15, 0.2) is 12.3 Å². The largest absolute Gasteiger partial charge is 0.365 e. The van der Waals surface area contributed by atoms with Gasteiger partial charge in [-0.3, -0.25) is 0 Å². The van der Waals surface area contributed by atoms with E-state index < -0.39 is 0 Å². The molecule has 10 heavy (non-hydrogen) atoms. The normalized spacial score (nSPS) is 12.0. The van der Waals surface area contributed by atoms with E-state index in [0.29, 0.717) is 0 Å². The van der Waals surface area contributed by atoms with Gasteiger partial charge in [0.25, 0.3) is 0 Å². The lowest BCUT2D eigenvalue weighted by molar-refractivity contribution is 0.555. The Balaban J connectivity index is 2.96. The van der Waals surface area contributed by atoms with Crippen LogP contribution in [0.25, 0.3) is 0 Å². The van der Waals surface area contributed by atoms with Crippen molar-refractivity contribution < 1.29 is 0 Å². The fraction of sp³-hybridized carbons (Fsp3) is 0.500. The monoisotopic (exact) mass is 138 g/mol. The predicted molar refractivity (Wildman–Crippen MR) is 42.7 cm³/mol. The molecule has 0 saturated heterocycles. The fourth-order valence-electron chi connectivity index (χ4n) is 0.880. The fourth-order valence-corrected chi connectivity index (χ4v) is 0.880. The molecule has 56 valence electrons. The number of rotatable bonds is 1. The molecule has 0 saturated carbocycles. The molecule has 2 heteroatoms. The first-order valence-electron chi connectivity index (χ1n) is 3.44. The lowest BCUT2D eigenvalue weighted by Gasteiger charge is -2.15. The molecular weight excluding hydrogens is 124 g/mol. The number of H-pyrrole nitrogens is 1. The molecule has 1 aromatic heterocycles. The summed E-state index contributed by atoms with van der Waals surface area (Å²) >= 11 is 0. The summed E-state index contributed by atoms with van der Waals surface area (Å²) in [5.74, 6) is 0. The van der Waals surface area contributed by atoms with Gasteiger partial charge in [-0.15, -0.1) is 0 Å². The molecule has 0 amide bonds. The van der Waals surface area contributed by atoms with Crippen molar-refractivity contribution in [2.24, 2.45) is 5.73 Å². The van der Waals surface area contributed by atoms with Crippen molar-refractivity contribution in [2.75, 3.05) is 0 Å². The minimum atomic E-state index is -0.218. The van der Waals surface area contributed by atoms with Crippen LogP contribution < -0.4 is 5.73 Å². The Morgan fingerprint density at radius 3 is 2.30 bits per heavy atom. The van der Waals surface area contributed by atoms with Crippen LogP contribution in [0.3, 0.4) is 0 Å². The molecular formula is C8H14N2. The van der Waals surface area contributed by atoms with Crippen LogP contribution in [0.2, 0.25) is 0 Å². The van der Waals surface area contributed by atoms with Crippen LogP contribution in [0, 0.1) is 6.92 Å². The lowest BCUT2D eigenvalue weighted by Crippen LogP contribution is -2.27. The number of aromatic amines is 1. The molecule has 3 N–H and O–H groups in total. The third-order valence-corrected chi connectivity index (χ3v) is 1.57. The zero-order chi connectivity index (χ0) is 7.78. The van der Waals surface area contributed by atoms with Gasteiger partial charge in [-0.1, -0.05) is 0 Å². The van der Waals surface area contributed by atoms with Crippen molar-refractivity contribution in [1.82, 2.24) is 4.98 Å². The zero-order valence-electron chi connectivity index (χ0n) is 6.73. The predicted octanol–water partition coefficient (Wildman–Crippen LogP) is 1.52. The third kappa shape index (κ3) is 1.39. The van der Waals surface area contributed by atoms with Crippen LogP contribution in [0.1, 0.15) is 25.1 Å². The molecule has 0 fully saturated rings. The molecule has 0 bridgehead atoms. The lowest BCUT2D eigenvalue weighted by atomic mass is 9.99. The summed E-state index contributed by atoms with van der Waals surface area (Å²) in [4.78, 5) is 3.10. The highest BCUT2D eigenvalue weighted by Crippen LogP contribution is 2.16. The zero-order valence-corrected chi connectivity index (χ0v) is 6.73. The highest BCUT2D eigenvalue weighted by molar-refractivity contribution is 5.22. The number of nitrogens with two attached hydrogens (primary N) is 1. The first-order valence-corrected chi connectivity index (χ1v) is 3.44. The summed E-state index contributed by atoms with van der Waals surface area (Å²) in [6.45, 7) is 6.01. The Morgan fingerprint density at radius 1 is 1.50 bits per heavy atom. The minimum absolute atomic E-state index is 0.218. The van der Waals surface area contributed by atoms with Crippen LogP contribution in [-0.4, -0.2) is 4.98 Å². The summed E-state index contributed by atoms with van der Waals surface area (Å²) < 4.78 is 0. The Morgan fingerprint density at radius 2 is 2.10 bits per heavy atom. The highest BCUT2D eigenvalue weighted by Gasteiger charge is 2.14. The number of aromatic nitrogens is 1. The molecule has 0 aliphatic carbocycles. The van der Waals surface area contributed by atoms with Gasteiger partial charge in [0.15, 0.2) is 0 Å². The maximum absolute atomic E-state index is 5.85. The van der Waals surface area contributed by atoms with Crippen molar-refractivity contribution in [3.8, 4) is 0 Å². The molecule has 1 aromatic rings. The molecule has 0 aromatic carbocycles. The Labute approximate surface area is 61.4 Å². The smallest absolute Gasteiger partial charge is 0.0367 e. The second-order valence-electron chi connectivity index (χ2n) is 3.29. The average molecular weight is 138 g/mol. The van der Waals surface area contributed by atoms with E-state index in [2.05, 4.69) is 11.1 Å². The number of aryl methyl sites for hydroxylation is 1. The standard InChI is InChI=1S/C8H14N2/c1-6-4-7(5-10-6)8(2,3)9/h4-5,10H,9H2,1-3H3. The van der Waals surface area contributed by atoms with E-state index in [1.54, 1.807) is 0 Å². The molecule has 0 aliphatic heterocycles. The highest BCUT2D eigenvalue weighted by atomic mass is 14.7. The van der Waals surface area contributed by atoms with Crippen LogP contribution in [0.5, 0.6) is 0 Å². The van der Waals surface area contributed by atoms with Gasteiger partial charge in [0.1, 0.15) is 0 Å². The molecule has 1 heterocycles. The second kappa shape index (κ2) is 2.13. The van der Waals surface area contributed by atoms with Gasteiger partial charge in [-0.25, -0.2) is 0 Å². The summed E-state index contributed by atoms with van der Waals surface area (Å²) in [5.41, 5.74) is 7.95. The van der Waals surface area contributed by atoms with Crippen LogP contribution >= 0.6 is 0 Å². The Bertz CT molecular complexity index is 217. The first kappa shape index (κ1) is 7.35. The molecule has 0 spiro atoms. The summed E-state index contributed by atoms with van der Waals surface area (Å²) in [6, 6.07) is 2.07. The molecule has 0 aliphatic rings. The number of hydrogen-bond acceptors (Lipinski definition) is 1. The van der Waals surface area contributed by atoms with Crippen molar-refractivity contribution in [2.45, 2.75) is 26.3 Å². The summed E-state index contributed by atoms with van der Waals surface area (Å²) in [5, 5.41) is 0. The van der Waals surface area contributed by atoms with Gasteiger partial charge < -0.3 is 10.7 Å². The minimum Gasteiger partial charge on any atom is -0.365 e. The quantitative estimate of drug-likeness (QED) is 0.607. The summed E-state index contributed by atoms with van der Waals surface area (Å²) in [6.07, 6.45) is 1.95. The SMILES string of the molecule is Cc1cc(C(C)(C)N)c[nH]1. The van der Waals surface area contributed by atoms with Gasteiger partial charge >= 0.3 is 0 Å². The van der Waals surface area contributed by atoms with Gasteiger partial charge in [-0.05, 0) is 32.4 Å². The molecule has 2 nitrogen and oxygen atoms in total. The van der Waals surface area contributed by atoms with Crippen molar-refractivity contribution in [3.05, 3.63) is 23.5 Å². The van der Waals surface area contributed by atoms with Crippen LogP contribution in [-0.2, 0) is 5.54 Å². The van der Waals surface area contributed by atoms with Gasteiger partial charge in [-0.2, -0.15) is 0 Å². The van der Waals surface area contributed by atoms with Crippen molar-refractivity contribution in [3.63, 3.8) is 0 Å². The van der Waals surface area contributed by atoms with Crippen molar-refractivity contribution in [1.29, 1.82) is 0 Å². The van der Waals surface area contributed by atoms with E-state index >= 15 is 0 Å². The number of hydrogen-bond donors (Lipinski definition) is 2. The number of nitrogens with one attached hydrogen (secondary N) is 1. The van der Waals surface area contributed by atoms with E-state index in [1.165, 1.54) is 0 Å². The Kier molecular flexibility index (Phi) is 1.57. The van der Waals surface area contributed by atoms with Crippen LogP contribution in [0.4, 0.5) is 0 Å². The molecule has 1 rings (SSSR count). The van der Waals surface area contributed by atoms with Crippen molar-refractivity contribution >= 4 is 0 Å². The average Bonchev–Trinajstić information content (AvgIpc) is 2.11. The van der Waals surface area contributed by atoms with Gasteiger partial charge in [0, 0.05) is 17.4 Å². The van der Waals surface area contributed by atoms with Gasteiger partial charge in [0.2, 0.25) is 0 Å². The molecule has 0 radical (unpaired) electrons. The maximum atomic E-state index is 5.85. The maximum Gasteiger partial charge on any atom is 0.0367 e. The van der Waals surface area contributed by atoms with E-state index in [4.69, 9.17) is 5.73 Å².